The fourth-order valence-electron chi connectivity index (χ4n) is 0.523. The number of pyridine rings is 1. The van der Waals surface area contributed by atoms with E-state index in [1.54, 1.807) is 6.20 Å². The van der Waals surface area contributed by atoms with Crippen molar-refractivity contribution >= 4 is 28.3 Å². The standard InChI is InChI=1S/C6H7IN2/c1-4-6(8)2-5(7)3-9-4/h2-3H,8H2,1H3. The second-order valence-corrected chi connectivity index (χ2v) is 3.07. The van der Waals surface area contributed by atoms with Crippen LogP contribution in [-0.4, -0.2) is 4.98 Å². The smallest absolute Gasteiger partial charge is 0.0602 e. The molecule has 1 heterocycles. The maximum atomic E-state index is 5.55. The van der Waals surface area contributed by atoms with Crippen molar-refractivity contribution in [2.45, 2.75) is 6.92 Å². The minimum absolute atomic E-state index is 0.766. The predicted molar refractivity (Wildman–Crippen MR) is 46.1 cm³/mol. The molecule has 0 radical (unpaired) electrons. The van der Waals surface area contributed by atoms with Crippen molar-refractivity contribution in [3.63, 3.8) is 0 Å². The normalized spacial score (nSPS) is 9.56. The second-order valence-electron chi connectivity index (χ2n) is 1.83. The SMILES string of the molecule is Cc1ncc(I)cc1N. The zero-order valence-electron chi connectivity index (χ0n) is 5.06. The van der Waals surface area contributed by atoms with Crippen LogP contribution in [0, 0.1) is 10.5 Å². The molecule has 2 nitrogen and oxygen atoms in total. The number of hydrogen-bond acceptors (Lipinski definition) is 2. The summed E-state index contributed by atoms with van der Waals surface area (Å²) >= 11 is 2.18. The molecule has 0 saturated carbocycles. The lowest BCUT2D eigenvalue weighted by Gasteiger charge is -1.96. The van der Waals surface area contributed by atoms with Gasteiger partial charge in [-0.25, -0.2) is 0 Å². The van der Waals surface area contributed by atoms with Crippen molar-refractivity contribution in [1.82, 2.24) is 4.98 Å². The lowest BCUT2D eigenvalue weighted by molar-refractivity contribution is 1.19. The highest BCUT2D eigenvalue weighted by molar-refractivity contribution is 14.1. The van der Waals surface area contributed by atoms with Crippen molar-refractivity contribution in [3.8, 4) is 0 Å². The summed E-state index contributed by atoms with van der Waals surface area (Å²) in [4.78, 5) is 4.05. The maximum absolute atomic E-state index is 5.55. The molecule has 0 amide bonds. The Bertz CT molecular complexity index is 222. The van der Waals surface area contributed by atoms with Crippen molar-refractivity contribution in [2.24, 2.45) is 0 Å². The van der Waals surface area contributed by atoms with Crippen LogP contribution in [0.3, 0.4) is 0 Å². The third-order valence-corrected chi connectivity index (χ3v) is 1.68. The lowest BCUT2D eigenvalue weighted by Crippen LogP contribution is -1.92. The van der Waals surface area contributed by atoms with Gasteiger partial charge in [-0.05, 0) is 35.6 Å². The van der Waals surface area contributed by atoms with Crippen LogP contribution in [0.1, 0.15) is 5.69 Å². The molecular weight excluding hydrogens is 227 g/mol. The number of rotatable bonds is 0. The third-order valence-electron chi connectivity index (χ3n) is 1.09. The summed E-state index contributed by atoms with van der Waals surface area (Å²) in [7, 11) is 0. The van der Waals surface area contributed by atoms with E-state index in [0.29, 0.717) is 0 Å². The van der Waals surface area contributed by atoms with Gasteiger partial charge in [-0.2, -0.15) is 0 Å². The van der Waals surface area contributed by atoms with Crippen LogP contribution < -0.4 is 5.73 Å². The first-order chi connectivity index (χ1) is 4.20. The first-order valence-corrected chi connectivity index (χ1v) is 3.65. The molecule has 0 saturated heterocycles. The van der Waals surface area contributed by atoms with E-state index in [4.69, 9.17) is 5.73 Å². The van der Waals surface area contributed by atoms with Gasteiger partial charge < -0.3 is 5.73 Å². The number of nitrogens with two attached hydrogens (primary N) is 1. The highest BCUT2D eigenvalue weighted by Gasteiger charge is 1.92. The lowest BCUT2D eigenvalue weighted by atomic mass is 10.3. The van der Waals surface area contributed by atoms with Crippen molar-refractivity contribution < 1.29 is 0 Å². The highest BCUT2D eigenvalue weighted by Crippen LogP contribution is 2.10. The van der Waals surface area contributed by atoms with Crippen molar-refractivity contribution in [1.29, 1.82) is 0 Å². The van der Waals surface area contributed by atoms with Gasteiger partial charge in [0.05, 0.1) is 11.4 Å². The Hall–Kier alpha value is -0.320. The molecule has 0 spiro atoms. The zero-order valence-corrected chi connectivity index (χ0v) is 7.21. The van der Waals surface area contributed by atoms with E-state index in [2.05, 4.69) is 27.6 Å². The zero-order chi connectivity index (χ0) is 6.85. The van der Waals surface area contributed by atoms with E-state index < -0.39 is 0 Å². The van der Waals surface area contributed by atoms with Gasteiger partial charge >= 0.3 is 0 Å². The molecule has 1 aromatic rings. The van der Waals surface area contributed by atoms with Crippen LogP contribution in [0.5, 0.6) is 0 Å². The Labute approximate surface area is 67.6 Å². The molecule has 1 rings (SSSR count). The summed E-state index contributed by atoms with van der Waals surface area (Å²) in [6.07, 6.45) is 1.80. The van der Waals surface area contributed by atoms with Crippen LogP contribution in [-0.2, 0) is 0 Å². The molecule has 0 aliphatic heterocycles. The van der Waals surface area contributed by atoms with Gasteiger partial charge in [-0.15, -0.1) is 0 Å². The molecule has 0 aliphatic carbocycles. The van der Waals surface area contributed by atoms with E-state index in [-0.39, 0.29) is 0 Å². The van der Waals surface area contributed by atoms with E-state index in [1.165, 1.54) is 0 Å². The first kappa shape index (κ1) is 6.80. The average Bonchev–Trinajstić information content (AvgIpc) is 1.80. The predicted octanol–water partition coefficient (Wildman–Crippen LogP) is 1.58. The molecule has 0 aliphatic rings. The fourth-order valence-corrected chi connectivity index (χ4v) is 0.998. The van der Waals surface area contributed by atoms with E-state index >= 15 is 0 Å². The summed E-state index contributed by atoms with van der Waals surface area (Å²) in [6.45, 7) is 1.89. The third kappa shape index (κ3) is 1.54. The first-order valence-electron chi connectivity index (χ1n) is 2.58. The van der Waals surface area contributed by atoms with E-state index in [0.717, 1.165) is 15.0 Å². The minimum Gasteiger partial charge on any atom is -0.397 e. The molecule has 0 aromatic carbocycles. The molecule has 0 unspecified atom stereocenters. The summed E-state index contributed by atoms with van der Waals surface area (Å²) in [6, 6.07) is 1.91. The molecule has 0 bridgehead atoms. The van der Waals surface area contributed by atoms with Gasteiger partial charge in [-0.3, -0.25) is 4.98 Å². The van der Waals surface area contributed by atoms with Crippen LogP contribution in [0.25, 0.3) is 0 Å². The van der Waals surface area contributed by atoms with Crippen LogP contribution in [0.2, 0.25) is 0 Å². The van der Waals surface area contributed by atoms with Gasteiger partial charge in [0.25, 0.3) is 0 Å². The molecule has 0 atom stereocenters. The van der Waals surface area contributed by atoms with Crippen LogP contribution in [0.4, 0.5) is 5.69 Å². The number of aromatic nitrogens is 1. The van der Waals surface area contributed by atoms with Crippen molar-refractivity contribution in [2.75, 3.05) is 5.73 Å². The Kier molecular flexibility index (Phi) is 1.90. The minimum atomic E-state index is 0.766. The Morgan fingerprint density at radius 3 is 2.78 bits per heavy atom. The number of nitrogens with zero attached hydrogens (tertiary/aromatic N) is 1. The molecule has 48 valence electrons. The number of halogens is 1. The van der Waals surface area contributed by atoms with Crippen LogP contribution >= 0.6 is 22.6 Å². The monoisotopic (exact) mass is 234 g/mol. The number of anilines is 1. The second kappa shape index (κ2) is 2.51. The van der Waals surface area contributed by atoms with Gasteiger partial charge in [0.1, 0.15) is 0 Å². The molecular formula is C6H7IN2. The molecule has 0 fully saturated rings. The van der Waals surface area contributed by atoms with Gasteiger partial charge in [0.15, 0.2) is 0 Å². The summed E-state index contributed by atoms with van der Waals surface area (Å²) < 4.78 is 1.08. The number of hydrogen-bond donors (Lipinski definition) is 1. The summed E-state index contributed by atoms with van der Waals surface area (Å²) in [5.74, 6) is 0. The van der Waals surface area contributed by atoms with Crippen molar-refractivity contribution in [3.05, 3.63) is 21.5 Å². The average molecular weight is 234 g/mol. The Morgan fingerprint density at radius 2 is 2.33 bits per heavy atom. The Morgan fingerprint density at radius 1 is 1.67 bits per heavy atom. The fraction of sp³-hybridized carbons (Fsp3) is 0.167. The Balaban J connectivity index is 3.17. The van der Waals surface area contributed by atoms with Crippen LogP contribution in [0.15, 0.2) is 12.3 Å². The number of nitrogen functional groups attached to an aromatic ring is 1. The molecule has 3 heteroatoms. The molecule has 2 N–H and O–H groups in total. The van der Waals surface area contributed by atoms with Gasteiger partial charge in [0.2, 0.25) is 0 Å². The maximum Gasteiger partial charge on any atom is 0.0602 e. The number of aryl methyl sites for hydroxylation is 1. The quantitative estimate of drug-likeness (QED) is 0.692. The molecule has 9 heavy (non-hydrogen) atoms. The molecule has 1 aromatic heterocycles. The largest absolute Gasteiger partial charge is 0.397 e. The van der Waals surface area contributed by atoms with E-state index in [1.807, 2.05) is 13.0 Å². The summed E-state index contributed by atoms with van der Waals surface area (Å²) in [5, 5.41) is 0. The van der Waals surface area contributed by atoms with E-state index in [9.17, 15) is 0 Å². The summed E-state index contributed by atoms with van der Waals surface area (Å²) in [5.41, 5.74) is 7.22. The van der Waals surface area contributed by atoms with Gasteiger partial charge in [-0.1, -0.05) is 0 Å². The topological polar surface area (TPSA) is 38.9 Å². The highest BCUT2D eigenvalue weighted by atomic mass is 127. The van der Waals surface area contributed by atoms with Gasteiger partial charge in [0, 0.05) is 9.77 Å².